The Bertz CT molecular complexity index is 3290. The number of rotatable bonds is 30. The lowest BCUT2D eigenvalue weighted by molar-refractivity contribution is -0.373. The predicted molar refractivity (Wildman–Crippen MR) is 256 cm³/mol. The molecule has 5 aliphatic rings. The number of aliphatic carboxylic acids is 2. The SMILES string of the molecule is CO[C@H]1O[C@H](COS(=O)(=O)O)[C@@H](O[C@@H]2O[C@@H](C(=O)O)[C@@H](O[C@@H]3O[C@H](COS(=O)(=O)O)[C@@H](O[C@@H]4O[C@H](C(=O)O)[C@@H](O[C@H]5O[C@H](COS(=O)(=O)O)[C@@H](O)[C@H](O)[C@H]5NC=O)[C@H](O)[C@H]4O)[C@H](OS(=O)(=O)O)[C@H]3NS(=O)(=O)O)[C@H](O)[C@H]2OS(=O)(=O)O)[C@H](O)[C@H]1NS(=O)(=O)O. The van der Waals surface area contributed by atoms with E-state index in [4.69, 9.17) is 51.9 Å². The third kappa shape index (κ3) is 21.7. The second-order valence-electron chi connectivity index (χ2n) is 18.4. The number of aliphatic hydroxyl groups is 6. The minimum Gasteiger partial charge on any atom is -0.479 e. The monoisotopic (exact) mass is 1450 g/mol. The molecule has 0 spiro atoms. The fourth-order valence-corrected chi connectivity index (χ4v) is 12.0. The van der Waals surface area contributed by atoms with Crippen LogP contribution in [0.25, 0.3) is 0 Å². The Kier molecular flexibility index (Phi) is 25.5. The number of carboxylic acid groups (broad SMARTS) is 2. The van der Waals surface area contributed by atoms with Crippen LogP contribution in [0, 0.1) is 0 Å². The van der Waals surface area contributed by atoms with Gasteiger partial charge >= 0.3 is 84.5 Å². The van der Waals surface area contributed by atoms with Crippen LogP contribution < -0.4 is 14.8 Å². The number of methoxy groups -OCH3 is 1. The van der Waals surface area contributed by atoms with Crippen LogP contribution in [0.3, 0.4) is 0 Å². The molecular weight excluding hydrogens is 1400 g/mol. The Balaban J connectivity index is 1.59. The van der Waals surface area contributed by atoms with Crippen LogP contribution in [0.1, 0.15) is 0 Å². The van der Waals surface area contributed by atoms with E-state index in [1.54, 1.807) is 0 Å². The molecular formula is C32H53N3O47S7. The maximum absolute atomic E-state index is 13.0. The van der Waals surface area contributed by atoms with Gasteiger partial charge in [-0.25, -0.2) is 30.5 Å². The van der Waals surface area contributed by atoms with Crippen molar-refractivity contribution in [2.75, 3.05) is 26.9 Å². The molecule has 25 atom stereocenters. The molecule has 5 saturated heterocycles. The maximum atomic E-state index is 13.0. The summed E-state index contributed by atoms with van der Waals surface area (Å²) in [5.41, 5.74) is 0. The van der Waals surface area contributed by atoms with Gasteiger partial charge in [-0.3, -0.25) is 36.7 Å². The van der Waals surface area contributed by atoms with E-state index in [0.29, 0.717) is 0 Å². The lowest BCUT2D eigenvalue weighted by atomic mass is 9.94. The Morgan fingerprint density at radius 3 is 1.25 bits per heavy atom. The first-order valence-corrected chi connectivity index (χ1v) is 33.0. The molecule has 0 aromatic heterocycles. The Morgan fingerprint density at radius 1 is 0.404 bits per heavy atom. The highest BCUT2D eigenvalue weighted by atomic mass is 32.3. The van der Waals surface area contributed by atoms with Crippen molar-refractivity contribution in [2.24, 2.45) is 0 Å². The van der Waals surface area contributed by atoms with Gasteiger partial charge < -0.3 is 93.5 Å². The topological polar surface area (TPSA) is 768 Å². The number of amides is 1. The van der Waals surface area contributed by atoms with Crippen LogP contribution in [-0.4, -0.2) is 330 Å². The lowest BCUT2D eigenvalue weighted by Crippen LogP contribution is -2.71. The van der Waals surface area contributed by atoms with E-state index in [-0.39, 0.29) is 6.41 Å². The molecule has 50 nitrogen and oxygen atoms in total. The molecule has 57 heteroatoms. The number of ether oxygens (including phenoxy) is 10. The lowest BCUT2D eigenvalue weighted by Gasteiger charge is -2.50. The van der Waals surface area contributed by atoms with Crippen LogP contribution >= 0.6 is 0 Å². The zero-order valence-corrected chi connectivity index (χ0v) is 49.0. The molecule has 0 saturated carbocycles. The third-order valence-electron chi connectivity index (χ3n) is 12.4. The molecule has 0 aromatic carbocycles. The fourth-order valence-electron chi connectivity index (χ4n) is 8.94. The summed E-state index contributed by atoms with van der Waals surface area (Å²) in [7, 11) is -40.0. The molecule has 18 N–H and O–H groups in total. The quantitative estimate of drug-likeness (QED) is 0.0235. The molecule has 520 valence electrons. The number of carboxylic acids is 2. The van der Waals surface area contributed by atoms with Crippen LogP contribution in [0.5, 0.6) is 0 Å². The van der Waals surface area contributed by atoms with Crippen molar-refractivity contribution in [1.29, 1.82) is 0 Å². The van der Waals surface area contributed by atoms with Gasteiger partial charge in [-0.05, 0) is 0 Å². The number of hydrogen-bond donors (Lipinski definition) is 18. The second-order valence-corrected chi connectivity index (χ2v) is 26.1. The summed E-state index contributed by atoms with van der Waals surface area (Å²) in [6, 6.07) is -7.58. The first kappa shape index (κ1) is 76.6. The Hall–Kier alpha value is -3.14. The molecule has 1 amide bonds. The molecule has 5 heterocycles. The van der Waals surface area contributed by atoms with Crippen LogP contribution in [0.15, 0.2) is 0 Å². The smallest absolute Gasteiger partial charge is 0.397 e. The van der Waals surface area contributed by atoms with Gasteiger partial charge in [0.25, 0.3) is 0 Å². The summed E-state index contributed by atoms with van der Waals surface area (Å²) in [5.74, 6) is -4.79. The van der Waals surface area contributed by atoms with Crippen molar-refractivity contribution < 1.29 is 214 Å². The van der Waals surface area contributed by atoms with Gasteiger partial charge in [0.2, 0.25) is 6.41 Å². The molecule has 5 rings (SSSR count). The summed E-state index contributed by atoms with van der Waals surface area (Å²) in [6.45, 7) is -4.87. The predicted octanol–water partition coefficient (Wildman–Crippen LogP) is -13.4. The summed E-state index contributed by atoms with van der Waals surface area (Å²) in [5, 5.41) is 89.6. The van der Waals surface area contributed by atoms with E-state index < -0.39 is 258 Å². The number of carbonyl (C=O) groups is 3. The standard InChI is InChI=1S/C32H53N3O47S7/c1-68-28-10(34-83(47,48)49)14(39)18(7(73-28)3-70-86(56,57)58)75-32-23(82-89(65,66)67)17(42)22(25(80-32)27(45)46)78-30-11(35-84(50,51)52)20(81-88(62,63)64)19(8(74-30)4-71-87(59,60)61)76-31-16(41)15(40)21(24(79-31)26(43)44)77-29-9(33-5-36)13(38)12(37)6(72-29)2-69-85(53,54)55/h5-25,28-32,34-35,37-42H,2-4H2,1H3,(H,33,36)(H,43,44)(H,45,46)(H,47,48,49)(H,50,51,52)(H,53,54,55)(H,56,57,58)(H,59,60,61)(H,62,63,64)(H,65,66,67)/t6-,7-,8-,9-,10-,11-,12-,13-,14-,15-,16-,17+,18-,19-,20-,21+,22+,23-,24+,25-,28+,29-,30+,31-,32-/m1/s1. The molecule has 5 aliphatic heterocycles. The van der Waals surface area contributed by atoms with Crippen LogP contribution in [-0.2, 0) is 155 Å². The molecule has 0 unspecified atom stereocenters. The first-order chi connectivity index (χ1) is 40.5. The van der Waals surface area contributed by atoms with Crippen molar-refractivity contribution in [3.8, 4) is 0 Å². The number of aliphatic hydroxyl groups excluding tert-OH is 6. The van der Waals surface area contributed by atoms with Crippen molar-refractivity contribution in [1.82, 2.24) is 14.8 Å². The summed E-state index contributed by atoms with van der Waals surface area (Å²) in [6.07, 6.45) is -61.5. The molecule has 0 aromatic rings. The highest BCUT2D eigenvalue weighted by molar-refractivity contribution is 7.84. The van der Waals surface area contributed by atoms with E-state index in [1.165, 1.54) is 4.72 Å². The van der Waals surface area contributed by atoms with Crippen molar-refractivity contribution in [2.45, 2.75) is 153 Å². The van der Waals surface area contributed by atoms with E-state index >= 15 is 0 Å². The average Bonchev–Trinajstić information content (AvgIpc) is 0.891. The van der Waals surface area contributed by atoms with Gasteiger partial charge in [0.1, 0.15) is 104 Å². The number of carbonyl (C=O) groups excluding carboxylic acids is 1. The zero-order chi connectivity index (χ0) is 67.6. The van der Waals surface area contributed by atoms with E-state index in [2.05, 4.69) is 20.9 Å². The fraction of sp³-hybridized carbons (Fsp3) is 0.906. The Labute approximate surface area is 498 Å². The van der Waals surface area contributed by atoms with Crippen molar-refractivity contribution >= 4 is 91.0 Å². The van der Waals surface area contributed by atoms with Crippen molar-refractivity contribution in [3.63, 3.8) is 0 Å². The highest BCUT2D eigenvalue weighted by Gasteiger charge is 2.61. The summed E-state index contributed by atoms with van der Waals surface area (Å²) >= 11 is 0. The molecule has 0 aliphatic carbocycles. The zero-order valence-electron chi connectivity index (χ0n) is 43.3. The Morgan fingerprint density at radius 2 is 0.798 bits per heavy atom. The average molecular weight is 1460 g/mol. The van der Waals surface area contributed by atoms with Crippen molar-refractivity contribution in [3.05, 3.63) is 0 Å². The van der Waals surface area contributed by atoms with Gasteiger partial charge in [0.05, 0.1) is 19.8 Å². The maximum Gasteiger partial charge on any atom is 0.397 e. The van der Waals surface area contributed by atoms with Gasteiger partial charge in [-0.1, -0.05) is 0 Å². The van der Waals surface area contributed by atoms with Gasteiger partial charge in [0, 0.05) is 7.11 Å². The number of nitrogens with one attached hydrogen (secondary N) is 3. The number of hydrogen-bond acceptors (Lipinski definition) is 38. The summed E-state index contributed by atoms with van der Waals surface area (Å²) < 4.78 is 312. The molecule has 89 heavy (non-hydrogen) atoms. The largest absolute Gasteiger partial charge is 0.479 e. The van der Waals surface area contributed by atoms with Gasteiger partial charge in [-0.2, -0.15) is 68.4 Å². The highest BCUT2D eigenvalue weighted by Crippen LogP contribution is 2.38. The second kappa shape index (κ2) is 29.7. The van der Waals surface area contributed by atoms with Crippen LogP contribution in [0.2, 0.25) is 0 Å². The van der Waals surface area contributed by atoms with E-state index in [1.807, 2.05) is 5.32 Å². The van der Waals surface area contributed by atoms with Crippen LogP contribution in [0.4, 0.5) is 0 Å². The van der Waals surface area contributed by atoms with Gasteiger partial charge in [0.15, 0.2) is 49.8 Å². The van der Waals surface area contributed by atoms with Gasteiger partial charge in [-0.15, -0.1) is 0 Å². The molecule has 0 radical (unpaired) electrons. The first-order valence-electron chi connectivity index (χ1n) is 23.3. The minimum absolute atomic E-state index is 0.175. The van der Waals surface area contributed by atoms with E-state index in [9.17, 15) is 141 Å². The minimum atomic E-state index is -6.31. The summed E-state index contributed by atoms with van der Waals surface area (Å²) in [4.78, 5) is 37.2. The van der Waals surface area contributed by atoms with E-state index in [0.717, 1.165) is 11.8 Å². The molecule has 0 bridgehead atoms. The normalized spacial score (nSPS) is 39.0. The molecule has 5 fully saturated rings. The third-order valence-corrected chi connectivity index (χ3v) is 15.8.